The molecule has 0 saturated carbocycles. The molecule has 0 aliphatic heterocycles. The Bertz CT molecular complexity index is 1090. The van der Waals surface area contributed by atoms with Crippen LogP contribution in [0.5, 0.6) is 0 Å². The molecule has 4 rings (SSSR count). The molecule has 0 saturated heterocycles. The number of benzene rings is 3. The maximum Gasteiger partial charge on any atom is 0.171 e. The zero-order valence-corrected chi connectivity index (χ0v) is 13.0. The Morgan fingerprint density at radius 2 is 1.58 bits per heavy atom. The number of hydrogen-bond acceptors (Lipinski definition) is 3. The summed E-state index contributed by atoms with van der Waals surface area (Å²) in [5.41, 5.74) is 3.28. The molecule has 4 aromatic rings. The van der Waals surface area contributed by atoms with Gasteiger partial charge in [0, 0.05) is 23.5 Å². The molecule has 0 N–H and O–H groups in total. The second-order valence-electron chi connectivity index (χ2n) is 5.59. The molecule has 0 spiro atoms. The summed E-state index contributed by atoms with van der Waals surface area (Å²) < 4.78 is 19.9. The van der Waals surface area contributed by atoms with Crippen LogP contribution in [-0.4, -0.2) is 7.05 Å². The quantitative estimate of drug-likeness (QED) is 0.499. The lowest BCUT2D eigenvalue weighted by molar-refractivity contribution is 0.584. The number of halogens is 1. The van der Waals surface area contributed by atoms with E-state index >= 15 is 0 Å². The van der Waals surface area contributed by atoms with Gasteiger partial charge in [0.15, 0.2) is 17.0 Å². The van der Waals surface area contributed by atoms with E-state index in [2.05, 4.69) is 6.07 Å². The van der Waals surface area contributed by atoms with Crippen LogP contribution in [0.4, 0.5) is 15.8 Å². The average Bonchev–Trinajstić information content (AvgIpc) is 3.01. The van der Waals surface area contributed by atoms with Crippen LogP contribution >= 0.6 is 0 Å². The van der Waals surface area contributed by atoms with Crippen LogP contribution in [0.25, 0.3) is 21.9 Å². The van der Waals surface area contributed by atoms with E-state index in [1.807, 2.05) is 48.3 Å². The van der Waals surface area contributed by atoms with Crippen molar-refractivity contribution >= 4 is 33.3 Å². The van der Waals surface area contributed by atoms with Crippen molar-refractivity contribution in [1.82, 2.24) is 0 Å². The van der Waals surface area contributed by atoms with Crippen LogP contribution in [0.3, 0.4) is 0 Å². The molecule has 0 bridgehead atoms. The lowest BCUT2D eigenvalue weighted by Crippen LogP contribution is -2.09. The summed E-state index contributed by atoms with van der Waals surface area (Å²) >= 11 is 0. The Labute approximate surface area is 138 Å². The van der Waals surface area contributed by atoms with Gasteiger partial charge in [0.1, 0.15) is 0 Å². The highest BCUT2D eigenvalue weighted by atomic mass is 19.1. The topological polar surface area (TPSA) is 40.2 Å². The van der Waals surface area contributed by atoms with Gasteiger partial charge in [-0.15, -0.1) is 0 Å². The summed E-state index contributed by atoms with van der Waals surface area (Å²) in [6, 6.07) is 20.1. The van der Waals surface area contributed by atoms with Crippen molar-refractivity contribution in [2.75, 3.05) is 11.9 Å². The van der Waals surface area contributed by atoms with Crippen molar-refractivity contribution in [1.29, 1.82) is 5.26 Å². The zero-order valence-electron chi connectivity index (χ0n) is 13.0. The van der Waals surface area contributed by atoms with E-state index in [9.17, 15) is 4.39 Å². The molecule has 3 nitrogen and oxygen atoms in total. The molecule has 0 radical (unpaired) electrons. The second kappa shape index (κ2) is 5.39. The SMILES string of the molecule is CN(c1ccc(C#N)cc1)c1cccc2c1oc1c(F)cccc12. The summed E-state index contributed by atoms with van der Waals surface area (Å²) in [7, 11) is 1.92. The molecule has 4 heteroatoms. The first kappa shape index (κ1) is 14.3. The number of fused-ring (bicyclic) bond motifs is 3. The van der Waals surface area contributed by atoms with Gasteiger partial charge in [-0.1, -0.05) is 24.3 Å². The van der Waals surface area contributed by atoms with E-state index in [1.54, 1.807) is 18.2 Å². The molecule has 0 unspecified atom stereocenters. The third kappa shape index (κ3) is 2.10. The van der Waals surface area contributed by atoms with Gasteiger partial charge in [0.25, 0.3) is 0 Å². The molecule has 0 aliphatic rings. The average molecular weight is 316 g/mol. The highest BCUT2D eigenvalue weighted by molar-refractivity contribution is 6.09. The highest BCUT2D eigenvalue weighted by Gasteiger charge is 2.16. The largest absolute Gasteiger partial charge is 0.451 e. The Balaban J connectivity index is 1.91. The van der Waals surface area contributed by atoms with Gasteiger partial charge in [-0.2, -0.15) is 5.26 Å². The van der Waals surface area contributed by atoms with Crippen LogP contribution in [-0.2, 0) is 0 Å². The Morgan fingerprint density at radius 1 is 0.917 bits per heavy atom. The molecular formula is C20H13FN2O. The summed E-state index contributed by atoms with van der Waals surface area (Å²) in [4.78, 5) is 1.96. The zero-order chi connectivity index (χ0) is 16.7. The van der Waals surface area contributed by atoms with Crippen molar-refractivity contribution in [2.24, 2.45) is 0 Å². The summed E-state index contributed by atoms with van der Waals surface area (Å²) in [5, 5.41) is 10.6. The first-order valence-corrected chi connectivity index (χ1v) is 7.52. The smallest absolute Gasteiger partial charge is 0.171 e. The monoisotopic (exact) mass is 316 g/mol. The van der Waals surface area contributed by atoms with E-state index in [1.165, 1.54) is 6.07 Å². The highest BCUT2D eigenvalue weighted by Crippen LogP contribution is 2.37. The Hall–Kier alpha value is -3.32. The van der Waals surface area contributed by atoms with E-state index in [0.29, 0.717) is 11.1 Å². The fraction of sp³-hybridized carbons (Fsp3) is 0.0500. The van der Waals surface area contributed by atoms with Crippen LogP contribution in [0, 0.1) is 17.1 Å². The fourth-order valence-corrected chi connectivity index (χ4v) is 2.93. The molecule has 24 heavy (non-hydrogen) atoms. The van der Waals surface area contributed by atoms with Crippen LogP contribution in [0.15, 0.2) is 65.1 Å². The molecule has 0 fully saturated rings. The van der Waals surface area contributed by atoms with Crippen LogP contribution < -0.4 is 4.90 Å². The molecule has 0 aliphatic carbocycles. The lowest BCUT2D eigenvalue weighted by Gasteiger charge is -2.19. The van der Waals surface area contributed by atoms with Crippen molar-refractivity contribution in [3.8, 4) is 6.07 Å². The molecule has 116 valence electrons. The Morgan fingerprint density at radius 3 is 2.29 bits per heavy atom. The van der Waals surface area contributed by atoms with Gasteiger partial charge in [0.05, 0.1) is 17.3 Å². The maximum atomic E-state index is 14.0. The summed E-state index contributed by atoms with van der Waals surface area (Å²) in [5.74, 6) is -0.365. The number of rotatable bonds is 2. The normalized spacial score (nSPS) is 10.9. The number of furan rings is 1. The maximum absolute atomic E-state index is 14.0. The van der Waals surface area contributed by atoms with Gasteiger partial charge >= 0.3 is 0 Å². The van der Waals surface area contributed by atoms with Gasteiger partial charge in [-0.3, -0.25) is 0 Å². The molecule has 0 atom stereocenters. The number of nitriles is 1. The first-order chi connectivity index (χ1) is 11.7. The van der Waals surface area contributed by atoms with Crippen LogP contribution in [0.2, 0.25) is 0 Å². The van der Waals surface area contributed by atoms with E-state index in [4.69, 9.17) is 9.68 Å². The number of hydrogen-bond donors (Lipinski definition) is 0. The third-order valence-electron chi connectivity index (χ3n) is 4.20. The predicted octanol–water partition coefficient (Wildman–Crippen LogP) is 5.36. The standard InChI is InChI=1S/C20H13FN2O/c1-23(14-10-8-13(12-22)9-11-14)18-7-3-5-16-15-4-2-6-17(21)19(15)24-20(16)18/h2-11H,1H3. The van der Waals surface area contributed by atoms with E-state index in [0.717, 1.165) is 22.1 Å². The number of anilines is 2. The number of nitrogens with zero attached hydrogens (tertiary/aromatic N) is 2. The molecule has 1 heterocycles. The van der Waals surface area contributed by atoms with Gasteiger partial charge in [0.2, 0.25) is 0 Å². The molecule has 1 aromatic heterocycles. The van der Waals surface area contributed by atoms with Crippen LogP contribution in [0.1, 0.15) is 5.56 Å². The van der Waals surface area contributed by atoms with Crippen molar-refractivity contribution in [2.45, 2.75) is 0 Å². The second-order valence-corrected chi connectivity index (χ2v) is 5.59. The molecule has 3 aromatic carbocycles. The van der Waals surface area contributed by atoms with Crippen molar-refractivity contribution in [3.05, 3.63) is 72.0 Å². The minimum atomic E-state index is -0.365. The van der Waals surface area contributed by atoms with Gasteiger partial charge in [-0.05, 0) is 36.4 Å². The lowest BCUT2D eigenvalue weighted by atomic mass is 10.1. The third-order valence-corrected chi connectivity index (χ3v) is 4.20. The first-order valence-electron chi connectivity index (χ1n) is 7.52. The Kier molecular flexibility index (Phi) is 3.21. The van der Waals surface area contributed by atoms with Gasteiger partial charge in [-0.25, -0.2) is 4.39 Å². The summed E-state index contributed by atoms with van der Waals surface area (Å²) in [6.45, 7) is 0. The minimum absolute atomic E-state index is 0.271. The van der Waals surface area contributed by atoms with E-state index < -0.39 is 0 Å². The summed E-state index contributed by atoms with van der Waals surface area (Å²) in [6.07, 6.45) is 0. The molecule has 0 amide bonds. The fourth-order valence-electron chi connectivity index (χ4n) is 2.93. The van der Waals surface area contributed by atoms with Gasteiger partial charge < -0.3 is 9.32 Å². The minimum Gasteiger partial charge on any atom is -0.451 e. The molecular weight excluding hydrogens is 303 g/mol. The van der Waals surface area contributed by atoms with E-state index in [-0.39, 0.29) is 11.4 Å². The van der Waals surface area contributed by atoms with Crippen molar-refractivity contribution in [3.63, 3.8) is 0 Å². The predicted molar refractivity (Wildman–Crippen MR) is 92.9 cm³/mol. The van der Waals surface area contributed by atoms with Crippen molar-refractivity contribution < 1.29 is 8.81 Å². The number of para-hydroxylation sites is 2.